The van der Waals surface area contributed by atoms with Gasteiger partial charge in [-0.2, -0.15) is 0 Å². The van der Waals surface area contributed by atoms with E-state index in [1.807, 2.05) is 17.0 Å². The Labute approximate surface area is 126 Å². The van der Waals surface area contributed by atoms with Crippen LogP contribution in [0.5, 0.6) is 0 Å². The Bertz CT molecular complexity index is 400. The number of nitrogens with one attached hydrogen (secondary N) is 1. The van der Waals surface area contributed by atoms with Crippen molar-refractivity contribution in [3.8, 4) is 0 Å². The second-order valence-electron chi connectivity index (χ2n) is 4.93. The molecule has 0 saturated carbocycles. The highest BCUT2D eigenvalue weighted by Gasteiger charge is 2.25. The average molecular weight is 299 g/mol. The van der Waals surface area contributed by atoms with Gasteiger partial charge in [0.05, 0.1) is 6.26 Å². The molecular weight excluding hydrogens is 276 g/mol. The largest absolute Gasteiger partial charge is 0.469 e. The Balaban J connectivity index is 0.00000200. The number of carbonyl (C=O) groups is 1. The lowest BCUT2D eigenvalue weighted by molar-refractivity contribution is -0.135. The van der Waals surface area contributed by atoms with E-state index in [1.54, 1.807) is 12.3 Å². The molecule has 1 aliphatic rings. The van der Waals surface area contributed by atoms with Gasteiger partial charge in [0.2, 0.25) is 5.91 Å². The third-order valence-corrected chi connectivity index (χ3v) is 3.56. The van der Waals surface area contributed by atoms with E-state index < -0.39 is 0 Å². The zero-order chi connectivity index (χ0) is 13.5. The highest BCUT2D eigenvalue weighted by atomic mass is 35.5. The molecule has 112 valence electrons. The molecule has 1 aromatic rings. The highest BCUT2D eigenvalue weighted by molar-refractivity contribution is 5.85. The SMILES string of the molecule is C=CCN(CCc1ccco1)C(=O)C1CCNCC1.Cl. The van der Waals surface area contributed by atoms with E-state index in [1.165, 1.54) is 0 Å². The van der Waals surface area contributed by atoms with Crippen LogP contribution >= 0.6 is 12.4 Å². The van der Waals surface area contributed by atoms with Gasteiger partial charge in [0.1, 0.15) is 5.76 Å². The van der Waals surface area contributed by atoms with Crippen LogP contribution in [0.25, 0.3) is 0 Å². The monoisotopic (exact) mass is 298 g/mol. The second kappa shape index (κ2) is 8.82. The van der Waals surface area contributed by atoms with Crippen molar-refractivity contribution in [3.05, 3.63) is 36.8 Å². The smallest absolute Gasteiger partial charge is 0.226 e. The third kappa shape index (κ3) is 4.69. The van der Waals surface area contributed by atoms with Crippen LogP contribution in [0.4, 0.5) is 0 Å². The summed E-state index contributed by atoms with van der Waals surface area (Å²) in [5.41, 5.74) is 0. The molecule has 1 aliphatic heterocycles. The molecule has 0 bridgehead atoms. The van der Waals surface area contributed by atoms with E-state index in [0.29, 0.717) is 13.1 Å². The molecule has 4 nitrogen and oxygen atoms in total. The molecule has 20 heavy (non-hydrogen) atoms. The molecule has 2 heterocycles. The fourth-order valence-corrected chi connectivity index (χ4v) is 2.47. The maximum atomic E-state index is 12.5. The van der Waals surface area contributed by atoms with Gasteiger partial charge in [-0.3, -0.25) is 4.79 Å². The Morgan fingerprint density at radius 3 is 2.85 bits per heavy atom. The number of hydrogen-bond acceptors (Lipinski definition) is 3. The molecule has 0 aromatic carbocycles. The van der Waals surface area contributed by atoms with E-state index in [-0.39, 0.29) is 24.2 Å². The van der Waals surface area contributed by atoms with Gasteiger partial charge in [-0.05, 0) is 38.1 Å². The van der Waals surface area contributed by atoms with Crippen LogP contribution in [-0.4, -0.2) is 37.0 Å². The van der Waals surface area contributed by atoms with E-state index in [2.05, 4.69) is 11.9 Å². The predicted molar refractivity (Wildman–Crippen MR) is 82.0 cm³/mol. The van der Waals surface area contributed by atoms with Gasteiger partial charge >= 0.3 is 0 Å². The van der Waals surface area contributed by atoms with Crippen molar-refractivity contribution in [2.24, 2.45) is 5.92 Å². The van der Waals surface area contributed by atoms with Crippen molar-refractivity contribution in [3.63, 3.8) is 0 Å². The molecule has 1 amide bonds. The molecule has 0 atom stereocenters. The van der Waals surface area contributed by atoms with Gasteiger partial charge in [-0.1, -0.05) is 6.08 Å². The molecule has 5 heteroatoms. The lowest BCUT2D eigenvalue weighted by atomic mass is 9.96. The minimum atomic E-state index is 0. The number of nitrogens with zero attached hydrogens (tertiary/aromatic N) is 1. The first kappa shape index (κ1) is 16.8. The lowest BCUT2D eigenvalue weighted by Crippen LogP contribution is -2.42. The first-order valence-electron chi connectivity index (χ1n) is 6.94. The topological polar surface area (TPSA) is 45.5 Å². The van der Waals surface area contributed by atoms with E-state index in [4.69, 9.17) is 4.42 Å². The molecule has 2 rings (SSSR count). The van der Waals surface area contributed by atoms with Crippen LogP contribution in [0.3, 0.4) is 0 Å². The van der Waals surface area contributed by atoms with Gasteiger partial charge in [0.25, 0.3) is 0 Å². The Hall–Kier alpha value is -1.26. The van der Waals surface area contributed by atoms with Gasteiger partial charge in [0, 0.05) is 25.4 Å². The number of amides is 1. The number of hydrogen-bond donors (Lipinski definition) is 1. The molecule has 1 saturated heterocycles. The summed E-state index contributed by atoms with van der Waals surface area (Å²) in [6.45, 7) is 6.94. The fraction of sp³-hybridized carbons (Fsp3) is 0.533. The molecule has 0 radical (unpaired) electrons. The molecule has 0 spiro atoms. The summed E-state index contributed by atoms with van der Waals surface area (Å²) in [6, 6.07) is 3.82. The van der Waals surface area contributed by atoms with Crippen LogP contribution in [0, 0.1) is 5.92 Å². The van der Waals surface area contributed by atoms with Crippen molar-refractivity contribution in [2.45, 2.75) is 19.3 Å². The number of piperidine rings is 1. The molecule has 1 N–H and O–H groups in total. The minimum absolute atomic E-state index is 0. The van der Waals surface area contributed by atoms with E-state index in [9.17, 15) is 4.79 Å². The summed E-state index contributed by atoms with van der Waals surface area (Å²) in [7, 11) is 0. The molecule has 0 unspecified atom stereocenters. The summed E-state index contributed by atoms with van der Waals surface area (Å²) in [6.07, 6.45) is 6.10. The summed E-state index contributed by atoms with van der Waals surface area (Å²) in [5, 5.41) is 3.29. The maximum absolute atomic E-state index is 12.5. The third-order valence-electron chi connectivity index (χ3n) is 3.56. The van der Waals surface area contributed by atoms with Gasteiger partial charge in [0.15, 0.2) is 0 Å². The number of carbonyl (C=O) groups excluding carboxylic acids is 1. The van der Waals surface area contributed by atoms with Crippen LogP contribution in [0.1, 0.15) is 18.6 Å². The minimum Gasteiger partial charge on any atom is -0.469 e. The Morgan fingerprint density at radius 1 is 1.50 bits per heavy atom. The van der Waals surface area contributed by atoms with Crippen molar-refractivity contribution >= 4 is 18.3 Å². The van der Waals surface area contributed by atoms with E-state index >= 15 is 0 Å². The van der Waals surface area contributed by atoms with Crippen molar-refractivity contribution in [2.75, 3.05) is 26.2 Å². The van der Waals surface area contributed by atoms with Gasteiger partial charge in [-0.25, -0.2) is 0 Å². The molecule has 1 aromatic heterocycles. The summed E-state index contributed by atoms with van der Waals surface area (Å²) >= 11 is 0. The van der Waals surface area contributed by atoms with Gasteiger partial charge in [-0.15, -0.1) is 19.0 Å². The first-order chi connectivity index (χ1) is 9.31. The predicted octanol–water partition coefficient (Wildman–Crippen LogP) is 2.26. The van der Waals surface area contributed by atoms with Crippen molar-refractivity contribution in [1.82, 2.24) is 10.2 Å². The van der Waals surface area contributed by atoms with Crippen LogP contribution in [0.2, 0.25) is 0 Å². The Morgan fingerprint density at radius 2 is 2.25 bits per heavy atom. The summed E-state index contributed by atoms with van der Waals surface area (Å²) in [5.74, 6) is 1.35. The van der Waals surface area contributed by atoms with Crippen LogP contribution in [-0.2, 0) is 11.2 Å². The lowest BCUT2D eigenvalue weighted by Gasteiger charge is -2.28. The van der Waals surface area contributed by atoms with Crippen molar-refractivity contribution < 1.29 is 9.21 Å². The molecular formula is C15H23ClN2O2. The van der Waals surface area contributed by atoms with Gasteiger partial charge < -0.3 is 14.6 Å². The fourth-order valence-electron chi connectivity index (χ4n) is 2.47. The number of furan rings is 1. The van der Waals surface area contributed by atoms with Crippen LogP contribution < -0.4 is 5.32 Å². The standard InChI is InChI=1S/C15H22N2O2.ClH/c1-2-10-17(11-7-14-4-3-12-19-14)15(18)13-5-8-16-9-6-13;/h2-4,12-13,16H,1,5-11H2;1H. The maximum Gasteiger partial charge on any atom is 0.226 e. The van der Waals surface area contributed by atoms with Crippen LogP contribution in [0.15, 0.2) is 35.5 Å². The average Bonchev–Trinajstić information content (AvgIpc) is 2.97. The highest BCUT2D eigenvalue weighted by Crippen LogP contribution is 2.15. The van der Waals surface area contributed by atoms with E-state index in [0.717, 1.165) is 38.1 Å². The number of halogens is 1. The molecule has 1 fully saturated rings. The first-order valence-corrected chi connectivity index (χ1v) is 6.94. The Kier molecular flexibility index (Phi) is 7.41. The summed E-state index contributed by atoms with van der Waals surface area (Å²) in [4.78, 5) is 14.4. The summed E-state index contributed by atoms with van der Waals surface area (Å²) < 4.78 is 5.31. The van der Waals surface area contributed by atoms with Crippen molar-refractivity contribution in [1.29, 1.82) is 0 Å². The molecule has 0 aliphatic carbocycles. The quantitative estimate of drug-likeness (QED) is 0.820. The second-order valence-corrected chi connectivity index (χ2v) is 4.93. The zero-order valence-corrected chi connectivity index (χ0v) is 12.5. The normalized spacial score (nSPS) is 15.4. The zero-order valence-electron chi connectivity index (χ0n) is 11.7. The number of rotatable bonds is 6.